The van der Waals surface area contributed by atoms with Crippen molar-refractivity contribution in [3.05, 3.63) is 45.7 Å². The quantitative estimate of drug-likeness (QED) is 0.886. The minimum absolute atomic E-state index is 0.0792. The molecule has 1 aliphatic carbocycles. The van der Waals surface area contributed by atoms with Crippen molar-refractivity contribution in [3.63, 3.8) is 0 Å². The minimum Gasteiger partial charge on any atom is -0.481 e. The number of fused-ring (bicyclic) bond motifs is 1. The van der Waals surface area contributed by atoms with Crippen LogP contribution in [0.3, 0.4) is 0 Å². The average molecular weight is 257 g/mol. The molecule has 4 heteroatoms. The number of aromatic nitrogens is 1. The number of carboxylic acids is 1. The predicted molar refractivity (Wildman–Crippen MR) is 72.3 cm³/mol. The Kier molecular flexibility index (Phi) is 2.49. The van der Waals surface area contributed by atoms with Crippen LogP contribution in [0.15, 0.2) is 29.1 Å². The average Bonchev–Trinajstić information content (AvgIpc) is 3.12. The molecule has 1 aliphatic rings. The van der Waals surface area contributed by atoms with E-state index in [4.69, 9.17) is 0 Å². The fraction of sp³-hybridized carbons (Fsp3) is 0.333. The van der Waals surface area contributed by atoms with Gasteiger partial charge in [-0.1, -0.05) is 6.07 Å². The van der Waals surface area contributed by atoms with Crippen LogP contribution in [-0.2, 0) is 11.2 Å². The summed E-state index contributed by atoms with van der Waals surface area (Å²) >= 11 is 0. The zero-order valence-corrected chi connectivity index (χ0v) is 10.7. The molecule has 1 fully saturated rings. The highest BCUT2D eigenvalue weighted by molar-refractivity contribution is 5.81. The molecule has 0 bridgehead atoms. The van der Waals surface area contributed by atoms with Crippen LogP contribution in [0.25, 0.3) is 10.9 Å². The number of rotatable bonds is 3. The Bertz CT molecular complexity index is 726. The SMILES string of the molecule is Cc1cc2cc(CC3(C(=O)O)CC3)ccc2[nH]c1=O. The molecule has 0 saturated heterocycles. The number of aromatic amines is 1. The highest BCUT2D eigenvalue weighted by Gasteiger charge is 2.49. The Balaban J connectivity index is 2.00. The number of carbonyl (C=O) groups is 1. The number of carboxylic acid groups (broad SMARTS) is 1. The lowest BCUT2D eigenvalue weighted by Gasteiger charge is -2.10. The van der Waals surface area contributed by atoms with E-state index in [1.807, 2.05) is 24.3 Å². The molecule has 0 amide bonds. The lowest BCUT2D eigenvalue weighted by Crippen LogP contribution is -2.17. The van der Waals surface area contributed by atoms with Crippen molar-refractivity contribution in [2.24, 2.45) is 5.41 Å². The zero-order chi connectivity index (χ0) is 13.6. The van der Waals surface area contributed by atoms with E-state index in [1.54, 1.807) is 6.92 Å². The highest BCUT2D eigenvalue weighted by Crippen LogP contribution is 2.48. The molecule has 19 heavy (non-hydrogen) atoms. The van der Waals surface area contributed by atoms with Gasteiger partial charge in [0.05, 0.1) is 5.41 Å². The summed E-state index contributed by atoms with van der Waals surface area (Å²) in [5, 5.41) is 10.2. The van der Waals surface area contributed by atoms with E-state index < -0.39 is 11.4 Å². The van der Waals surface area contributed by atoms with E-state index >= 15 is 0 Å². The highest BCUT2D eigenvalue weighted by atomic mass is 16.4. The first-order chi connectivity index (χ1) is 9.00. The molecular formula is C15H15NO3. The molecule has 2 aromatic rings. The fourth-order valence-corrected chi connectivity index (χ4v) is 2.48. The molecule has 1 aromatic carbocycles. The van der Waals surface area contributed by atoms with Crippen molar-refractivity contribution in [2.45, 2.75) is 26.2 Å². The molecule has 4 nitrogen and oxygen atoms in total. The maximum absolute atomic E-state index is 11.5. The molecular weight excluding hydrogens is 242 g/mol. The molecule has 1 aromatic heterocycles. The molecule has 2 N–H and O–H groups in total. The van der Waals surface area contributed by atoms with Crippen LogP contribution in [0.2, 0.25) is 0 Å². The molecule has 98 valence electrons. The van der Waals surface area contributed by atoms with Gasteiger partial charge in [0.1, 0.15) is 0 Å². The number of aliphatic carboxylic acids is 1. The van der Waals surface area contributed by atoms with Gasteiger partial charge < -0.3 is 10.1 Å². The number of H-pyrrole nitrogens is 1. The lowest BCUT2D eigenvalue weighted by atomic mass is 9.95. The van der Waals surface area contributed by atoms with Crippen LogP contribution in [0.4, 0.5) is 0 Å². The van der Waals surface area contributed by atoms with Crippen molar-refractivity contribution in [1.82, 2.24) is 4.98 Å². The second-order valence-electron chi connectivity index (χ2n) is 5.47. The summed E-state index contributed by atoms with van der Waals surface area (Å²) in [6.07, 6.45) is 2.08. The molecule has 0 atom stereocenters. The van der Waals surface area contributed by atoms with Crippen molar-refractivity contribution in [1.29, 1.82) is 0 Å². The summed E-state index contributed by atoms with van der Waals surface area (Å²) < 4.78 is 0. The van der Waals surface area contributed by atoms with Crippen molar-refractivity contribution in [3.8, 4) is 0 Å². The molecule has 0 unspecified atom stereocenters. The maximum atomic E-state index is 11.5. The number of hydrogen-bond donors (Lipinski definition) is 2. The lowest BCUT2D eigenvalue weighted by molar-refractivity contribution is -0.143. The van der Waals surface area contributed by atoms with Crippen LogP contribution in [-0.4, -0.2) is 16.1 Å². The summed E-state index contributed by atoms with van der Waals surface area (Å²) in [5.41, 5.74) is 1.84. The molecule has 1 saturated carbocycles. The first-order valence-corrected chi connectivity index (χ1v) is 6.36. The van der Waals surface area contributed by atoms with Gasteiger partial charge in [0.15, 0.2) is 0 Å². The van der Waals surface area contributed by atoms with Crippen LogP contribution in [0.1, 0.15) is 24.0 Å². The van der Waals surface area contributed by atoms with Gasteiger partial charge in [-0.3, -0.25) is 9.59 Å². The van der Waals surface area contributed by atoms with Gasteiger partial charge in [-0.15, -0.1) is 0 Å². The smallest absolute Gasteiger partial charge is 0.309 e. The first kappa shape index (κ1) is 12.0. The third-order valence-electron chi connectivity index (χ3n) is 3.94. The second-order valence-corrected chi connectivity index (χ2v) is 5.47. The standard InChI is InChI=1S/C15H15NO3/c1-9-6-11-7-10(2-3-12(11)16-13(9)17)8-15(4-5-15)14(18)19/h2-3,6-7H,4-5,8H2,1H3,(H,16,17)(H,18,19). The van der Waals surface area contributed by atoms with E-state index in [-0.39, 0.29) is 5.56 Å². The van der Waals surface area contributed by atoms with E-state index in [9.17, 15) is 14.7 Å². The Labute approximate surface area is 110 Å². The van der Waals surface area contributed by atoms with Gasteiger partial charge in [-0.25, -0.2) is 0 Å². The van der Waals surface area contributed by atoms with E-state index in [1.165, 1.54) is 0 Å². The normalized spacial score (nSPS) is 16.5. The summed E-state index contributed by atoms with van der Waals surface area (Å²) in [6.45, 7) is 1.77. The van der Waals surface area contributed by atoms with Gasteiger partial charge in [-0.2, -0.15) is 0 Å². The second kappa shape index (κ2) is 3.95. The van der Waals surface area contributed by atoms with E-state index in [0.29, 0.717) is 12.0 Å². The summed E-state index contributed by atoms with van der Waals surface area (Å²) in [6, 6.07) is 7.57. The molecule has 0 radical (unpaired) electrons. The minimum atomic E-state index is -0.703. The topological polar surface area (TPSA) is 70.2 Å². The third-order valence-corrected chi connectivity index (χ3v) is 3.94. The predicted octanol–water partition coefficient (Wildman–Crippen LogP) is 2.24. The van der Waals surface area contributed by atoms with Crippen LogP contribution < -0.4 is 5.56 Å². The molecule has 1 heterocycles. The number of aryl methyl sites for hydroxylation is 1. The number of nitrogens with one attached hydrogen (secondary N) is 1. The molecule has 3 rings (SSSR count). The fourth-order valence-electron chi connectivity index (χ4n) is 2.48. The van der Waals surface area contributed by atoms with E-state index in [0.717, 1.165) is 29.3 Å². The van der Waals surface area contributed by atoms with Crippen LogP contribution >= 0.6 is 0 Å². The third kappa shape index (κ3) is 2.03. The largest absolute Gasteiger partial charge is 0.481 e. The van der Waals surface area contributed by atoms with Crippen molar-refractivity contribution in [2.75, 3.05) is 0 Å². The zero-order valence-electron chi connectivity index (χ0n) is 10.7. The number of pyridine rings is 1. The Morgan fingerprint density at radius 2 is 2.11 bits per heavy atom. The van der Waals surface area contributed by atoms with Crippen molar-refractivity contribution < 1.29 is 9.90 Å². The van der Waals surface area contributed by atoms with Gasteiger partial charge in [0.25, 0.3) is 5.56 Å². The van der Waals surface area contributed by atoms with Gasteiger partial charge in [0, 0.05) is 11.1 Å². The number of benzene rings is 1. The number of hydrogen-bond acceptors (Lipinski definition) is 2. The van der Waals surface area contributed by atoms with Gasteiger partial charge in [-0.05, 0) is 55.3 Å². The van der Waals surface area contributed by atoms with E-state index in [2.05, 4.69) is 4.98 Å². The first-order valence-electron chi connectivity index (χ1n) is 6.36. The van der Waals surface area contributed by atoms with Crippen molar-refractivity contribution >= 4 is 16.9 Å². The Morgan fingerprint density at radius 1 is 1.37 bits per heavy atom. The summed E-state index contributed by atoms with van der Waals surface area (Å²) in [7, 11) is 0. The van der Waals surface area contributed by atoms with Crippen LogP contribution in [0.5, 0.6) is 0 Å². The van der Waals surface area contributed by atoms with Gasteiger partial charge in [0.2, 0.25) is 0 Å². The van der Waals surface area contributed by atoms with Gasteiger partial charge >= 0.3 is 5.97 Å². The van der Waals surface area contributed by atoms with Crippen LogP contribution in [0, 0.1) is 12.3 Å². The Morgan fingerprint density at radius 3 is 2.74 bits per heavy atom. The Hall–Kier alpha value is -2.10. The summed E-state index contributed by atoms with van der Waals surface area (Å²) in [4.78, 5) is 25.5. The molecule has 0 spiro atoms. The molecule has 0 aliphatic heterocycles. The maximum Gasteiger partial charge on any atom is 0.309 e. The monoisotopic (exact) mass is 257 g/mol. The summed E-state index contributed by atoms with van der Waals surface area (Å²) in [5.74, 6) is -0.703.